The SMILES string of the molecule is CCCN(CCC)CCNC(C)CCC(C)C. The van der Waals surface area contributed by atoms with Crippen molar-refractivity contribution in [2.24, 2.45) is 5.92 Å². The fourth-order valence-electron chi connectivity index (χ4n) is 2.12. The molecule has 104 valence electrons. The quantitative estimate of drug-likeness (QED) is 0.596. The van der Waals surface area contributed by atoms with Crippen LogP contribution in [0.4, 0.5) is 0 Å². The molecule has 0 rings (SSSR count). The number of hydrogen-bond donors (Lipinski definition) is 1. The molecule has 0 aromatic carbocycles. The van der Waals surface area contributed by atoms with Gasteiger partial charge in [-0.05, 0) is 51.6 Å². The summed E-state index contributed by atoms with van der Waals surface area (Å²) >= 11 is 0. The second-order valence-corrected chi connectivity index (χ2v) is 5.67. The molecular formula is C15H34N2. The largest absolute Gasteiger partial charge is 0.313 e. The third-order valence-corrected chi connectivity index (χ3v) is 3.18. The molecule has 1 atom stereocenters. The first-order valence-corrected chi connectivity index (χ1v) is 7.55. The molecule has 0 spiro atoms. The Morgan fingerprint density at radius 3 is 1.94 bits per heavy atom. The molecule has 1 N–H and O–H groups in total. The van der Waals surface area contributed by atoms with E-state index in [9.17, 15) is 0 Å². The minimum atomic E-state index is 0.669. The molecule has 0 aliphatic heterocycles. The summed E-state index contributed by atoms with van der Waals surface area (Å²) in [6.45, 7) is 16.3. The van der Waals surface area contributed by atoms with Crippen LogP contribution in [0.15, 0.2) is 0 Å². The molecule has 0 aromatic rings. The van der Waals surface area contributed by atoms with Crippen LogP contribution in [-0.4, -0.2) is 37.1 Å². The Labute approximate surface area is 109 Å². The van der Waals surface area contributed by atoms with Gasteiger partial charge in [0.1, 0.15) is 0 Å². The molecular weight excluding hydrogens is 208 g/mol. The van der Waals surface area contributed by atoms with Gasteiger partial charge in [-0.1, -0.05) is 27.7 Å². The van der Waals surface area contributed by atoms with Crippen molar-refractivity contribution in [3.05, 3.63) is 0 Å². The lowest BCUT2D eigenvalue weighted by Crippen LogP contribution is -2.36. The molecule has 17 heavy (non-hydrogen) atoms. The summed E-state index contributed by atoms with van der Waals surface area (Å²) in [6, 6.07) is 0.669. The summed E-state index contributed by atoms with van der Waals surface area (Å²) in [5, 5.41) is 3.64. The second kappa shape index (κ2) is 11.0. The molecule has 0 aromatic heterocycles. The van der Waals surface area contributed by atoms with E-state index in [1.165, 1.54) is 45.3 Å². The van der Waals surface area contributed by atoms with Crippen LogP contribution in [0.3, 0.4) is 0 Å². The highest BCUT2D eigenvalue weighted by molar-refractivity contribution is 4.64. The zero-order valence-corrected chi connectivity index (χ0v) is 12.8. The van der Waals surface area contributed by atoms with E-state index in [4.69, 9.17) is 0 Å². The topological polar surface area (TPSA) is 15.3 Å². The van der Waals surface area contributed by atoms with Crippen LogP contribution in [0, 0.1) is 5.92 Å². The molecule has 0 bridgehead atoms. The molecule has 0 saturated heterocycles. The normalized spacial score (nSPS) is 13.6. The summed E-state index contributed by atoms with van der Waals surface area (Å²) in [5.74, 6) is 0.830. The van der Waals surface area contributed by atoms with Crippen LogP contribution in [0.2, 0.25) is 0 Å². The zero-order chi connectivity index (χ0) is 13.1. The lowest BCUT2D eigenvalue weighted by molar-refractivity contribution is 0.268. The van der Waals surface area contributed by atoms with E-state index in [2.05, 4.69) is 44.8 Å². The van der Waals surface area contributed by atoms with Crippen molar-refractivity contribution in [1.29, 1.82) is 0 Å². The first kappa shape index (κ1) is 16.9. The predicted octanol–water partition coefficient (Wildman–Crippen LogP) is 3.52. The average Bonchev–Trinajstić information content (AvgIpc) is 2.27. The van der Waals surface area contributed by atoms with Gasteiger partial charge >= 0.3 is 0 Å². The van der Waals surface area contributed by atoms with Crippen LogP contribution >= 0.6 is 0 Å². The van der Waals surface area contributed by atoms with Gasteiger partial charge in [-0.3, -0.25) is 0 Å². The molecule has 0 saturated carbocycles. The Morgan fingerprint density at radius 1 is 0.882 bits per heavy atom. The van der Waals surface area contributed by atoms with Gasteiger partial charge in [0.15, 0.2) is 0 Å². The van der Waals surface area contributed by atoms with Gasteiger partial charge in [-0.2, -0.15) is 0 Å². The van der Waals surface area contributed by atoms with E-state index in [1.807, 2.05) is 0 Å². The monoisotopic (exact) mass is 242 g/mol. The van der Waals surface area contributed by atoms with Gasteiger partial charge in [0.25, 0.3) is 0 Å². The highest BCUT2D eigenvalue weighted by Gasteiger charge is 2.05. The Balaban J connectivity index is 3.57. The minimum Gasteiger partial charge on any atom is -0.313 e. The third kappa shape index (κ3) is 10.8. The van der Waals surface area contributed by atoms with Crippen molar-refractivity contribution in [3.8, 4) is 0 Å². The van der Waals surface area contributed by atoms with E-state index < -0.39 is 0 Å². The summed E-state index contributed by atoms with van der Waals surface area (Å²) in [5.41, 5.74) is 0. The highest BCUT2D eigenvalue weighted by atomic mass is 15.1. The number of nitrogens with zero attached hydrogens (tertiary/aromatic N) is 1. The Hall–Kier alpha value is -0.0800. The smallest absolute Gasteiger partial charge is 0.0107 e. The summed E-state index contributed by atoms with van der Waals surface area (Å²) in [6.07, 6.45) is 5.17. The van der Waals surface area contributed by atoms with E-state index in [-0.39, 0.29) is 0 Å². The van der Waals surface area contributed by atoms with Crippen LogP contribution < -0.4 is 5.32 Å². The van der Waals surface area contributed by atoms with Gasteiger partial charge in [0, 0.05) is 19.1 Å². The zero-order valence-electron chi connectivity index (χ0n) is 12.8. The van der Waals surface area contributed by atoms with Crippen molar-refractivity contribution >= 4 is 0 Å². The molecule has 0 aliphatic rings. The van der Waals surface area contributed by atoms with Crippen LogP contribution in [-0.2, 0) is 0 Å². The maximum Gasteiger partial charge on any atom is 0.0107 e. The molecule has 2 heteroatoms. The molecule has 2 nitrogen and oxygen atoms in total. The van der Waals surface area contributed by atoms with E-state index in [0.29, 0.717) is 6.04 Å². The fourth-order valence-corrected chi connectivity index (χ4v) is 2.12. The first-order chi connectivity index (χ1) is 8.10. The van der Waals surface area contributed by atoms with E-state index in [1.54, 1.807) is 0 Å². The third-order valence-electron chi connectivity index (χ3n) is 3.18. The van der Waals surface area contributed by atoms with Crippen molar-refractivity contribution in [3.63, 3.8) is 0 Å². The first-order valence-electron chi connectivity index (χ1n) is 7.55. The lowest BCUT2D eigenvalue weighted by atomic mass is 10.0. The standard InChI is InChI=1S/C15H34N2/c1-6-11-17(12-7-2)13-10-16-15(5)9-8-14(3)4/h14-16H,6-13H2,1-5H3. The van der Waals surface area contributed by atoms with Crippen LogP contribution in [0.5, 0.6) is 0 Å². The van der Waals surface area contributed by atoms with Gasteiger partial charge < -0.3 is 10.2 Å². The van der Waals surface area contributed by atoms with Crippen LogP contribution in [0.25, 0.3) is 0 Å². The summed E-state index contributed by atoms with van der Waals surface area (Å²) in [4.78, 5) is 2.57. The number of nitrogens with one attached hydrogen (secondary N) is 1. The Bertz CT molecular complexity index is 151. The Kier molecular flexibility index (Phi) is 11.0. The fraction of sp³-hybridized carbons (Fsp3) is 1.00. The lowest BCUT2D eigenvalue weighted by Gasteiger charge is -2.22. The molecule has 0 fully saturated rings. The number of rotatable bonds is 11. The predicted molar refractivity (Wildman–Crippen MR) is 78.6 cm³/mol. The molecule has 0 amide bonds. The number of hydrogen-bond acceptors (Lipinski definition) is 2. The van der Waals surface area contributed by atoms with Gasteiger partial charge in [-0.25, -0.2) is 0 Å². The summed E-state index contributed by atoms with van der Waals surface area (Å²) in [7, 11) is 0. The average molecular weight is 242 g/mol. The molecule has 1 unspecified atom stereocenters. The van der Waals surface area contributed by atoms with Crippen molar-refractivity contribution < 1.29 is 0 Å². The van der Waals surface area contributed by atoms with E-state index in [0.717, 1.165) is 12.5 Å². The van der Waals surface area contributed by atoms with Crippen molar-refractivity contribution in [2.45, 2.75) is 66.3 Å². The van der Waals surface area contributed by atoms with Gasteiger partial charge in [0.05, 0.1) is 0 Å². The molecule has 0 radical (unpaired) electrons. The molecule has 0 heterocycles. The maximum absolute atomic E-state index is 3.64. The van der Waals surface area contributed by atoms with Crippen molar-refractivity contribution in [1.82, 2.24) is 10.2 Å². The van der Waals surface area contributed by atoms with Crippen molar-refractivity contribution in [2.75, 3.05) is 26.2 Å². The van der Waals surface area contributed by atoms with Gasteiger partial charge in [0.2, 0.25) is 0 Å². The highest BCUT2D eigenvalue weighted by Crippen LogP contribution is 2.06. The van der Waals surface area contributed by atoms with Crippen LogP contribution in [0.1, 0.15) is 60.3 Å². The maximum atomic E-state index is 3.64. The summed E-state index contributed by atoms with van der Waals surface area (Å²) < 4.78 is 0. The van der Waals surface area contributed by atoms with Gasteiger partial charge in [-0.15, -0.1) is 0 Å². The molecule has 0 aliphatic carbocycles. The second-order valence-electron chi connectivity index (χ2n) is 5.67. The minimum absolute atomic E-state index is 0.669. The Morgan fingerprint density at radius 2 is 1.47 bits per heavy atom. The van der Waals surface area contributed by atoms with E-state index >= 15 is 0 Å².